The fraction of sp³-hybridized carbons (Fsp3) is 0.222. The first-order valence-electron chi connectivity index (χ1n) is 7.67. The smallest absolute Gasteiger partial charge is 0.257 e. The van der Waals surface area contributed by atoms with Gasteiger partial charge in [0.05, 0.1) is 21.8 Å². The molecule has 2 rings (SSSR count). The summed E-state index contributed by atoms with van der Waals surface area (Å²) >= 11 is 12.0. The van der Waals surface area contributed by atoms with Crippen LogP contribution in [0.25, 0.3) is 0 Å². The molecule has 0 atom stereocenters. The van der Waals surface area contributed by atoms with Crippen LogP contribution in [0.5, 0.6) is 0 Å². The van der Waals surface area contributed by atoms with Crippen LogP contribution in [0.3, 0.4) is 0 Å². The Balaban J connectivity index is 2.16. The molecule has 0 aliphatic carbocycles. The molecule has 25 heavy (non-hydrogen) atoms. The lowest BCUT2D eigenvalue weighted by Gasteiger charge is -2.13. The monoisotopic (exact) mass is 379 g/mol. The number of nitrogens with one attached hydrogen (secondary N) is 2. The van der Waals surface area contributed by atoms with Crippen LogP contribution in [0, 0.1) is 0 Å². The standard InChI is InChI=1S/C18H19Cl2N3O2/c1-23(2)10-9-21-17(24)13-5-3-4-6-16(13)22-18(25)14-11-12(19)7-8-15(14)20/h3-8,11H,9-10H2,1-2H3,(H,21,24)(H,22,25). The van der Waals surface area contributed by atoms with Gasteiger partial charge in [0.25, 0.3) is 11.8 Å². The Labute approximate surface area is 156 Å². The minimum Gasteiger partial charge on any atom is -0.351 e. The van der Waals surface area contributed by atoms with Gasteiger partial charge in [-0.2, -0.15) is 0 Å². The van der Waals surface area contributed by atoms with Gasteiger partial charge in [0, 0.05) is 18.1 Å². The number of anilines is 1. The first-order valence-corrected chi connectivity index (χ1v) is 8.42. The van der Waals surface area contributed by atoms with E-state index in [1.165, 1.54) is 6.07 Å². The van der Waals surface area contributed by atoms with Gasteiger partial charge in [-0.05, 0) is 44.4 Å². The van der Waals surface area contributed by atoms with Crippen LogP contribution in [0.4, 0.5) is 5.69 Å². The van der Waals surface area contributed by atoms with E-state index in [-0.39, 0.29) is 16.5 Å². The third-order valence-corrected chi connectivity index (χ3v) is 4.00. The summed E-state index contributed by atoms with van der Waals surface area (Å²) < 4.78 is 0. The van der Waals surface area contributed by atoms with E-state index in [0.29, 0.717) is 22.8 Å². The molecular weight excluding hydrogens is 361 g/mol. The zero-order chi connectivity index (χ0) is 18.4. The largest absolute Gasteiger partial charge is 0.351 e. The highest BCUT2D eigenvalue weighted by atomic mass is 35.5. The van der Waals surface area contributed by atoms with Crippen molar-refractivity contribution in [2.45, 2.75) is 0 Å². The maximum absolute atomic E-state index is 12.5. The highest BCUT2D eigenvalue weighted by Gasteiger charge is 2.16. The predicted octanol–water partition coefficient (Wildman–Crippen LogP) is 3.54. The topological polar surface area (TPSA) is 61.4 Å². The van der Waals surface area contributed by atoms with Gasteiger partial charge in [0.2, 0.25) is 0 Å². The minimum absolute atomic E-state index is 0.247. The quantitative estimate of drug-likeness (QED) is 0.806. The van der Waals surface area contributed by atoms with E-state index in [9.17, 15) is 9.59 Å². The second-order valence-electron chi connectivity index (χ2n) is 5.68. The molecule has 2 aromatic carbocycles. The molecule has 0 spiro atoms. The summed E-state index contributed by atoms with van der Waals surface area (Å²) in [6, 6.07) is 11.4. The minimum atomic E-state index is -0.430. The molecule has 0 saturated carbocycles. The van der Waals surface area contributed by atoms with Gasteiger partial charge in [-0.3, -0.25) is 9.59 Å². The molecule has 0 saturated heterocycles. The second kappa shape index (κ2) is 8.85. The van der Waals surface area contributed by atoms with Gasteiger partial charge in [0.1, 0.15) is 0 Å². The van der Waals surface area contributed by atoms with Crippen LogP contribution < -0.4 is 10.6 Å². The highest BCUT2D eigenvalue weighted by molar-refractivity contribution is 6.36. The van der Waals surface area contributed by atoms with Crippen LogP contribution in [0.2, 0.25) is 10.0 Å². The zero-order valence-corrected chi connectivity index (χ0v) is 15.5. The zero-order valence-electron chi connectivity index (χ0n) is 14.0. The number of benzene rings is 2. The van der Waals surface area contributed by atoms with E-state index < -0.39 is 5.91 Å². The molecule has 0 heterocycles. The average Bonchev–Trinajstić information content (AvgIpc) is 2.57. The number of nitrogens with zero attached hydrogens (tertiary/aromatic N) is 1. The Hall–Kier alpha value is -2.08. The van der Waals surface area contributed by atoms with Crippen molar-refractivity contribution in [2.24, 2.45) is 0 Å². The van der Waals surface area contributed by atoms with E-state index in [1.807, 2.05) is 19.0 Å². The van der Waals surface area contributed by atoms with E-state index in [2.05, 4.69) is 10.6 Å². The van der Waals surface area contributed by atoms with Crippen molar-refractivity contribution in [3.05, 3.63) is 63.6 Å². The number of hydrogen-bond donors (Lipinski definition) is 2. The van der Waals surface area contributed by atoms with Crippen LogP contribution in [-0.2, 0) is 0 Å². The summed E-state index contributed by atoms with van der Waals surface area (Å²) in [5, 5.41) is 6.24. The first kappa shape index (κ1) is 19.2. The summed E-state index contributed by atoms with van der Waals surface area (Å²) in [7, 11) is 3.85. The maximum atomic E-state index is 12.5. The second-order valence-corrected chi connectivity index (χ2v) is 6.53. The first-order chi connectivity index (χ1) is 11.9. The fourth-order valence-corrected chi connectivity index (χ4v) is 2.52. The summed E-state index contributed by atoms with van der Waals surface area (Å²) in [6.45, 7) is 1.23. The van der Waals surface area contributed by atoms with Crippen molar-refractivity contribution < 1.29 is 9.59 Å². The Morgan fingerprint density at radius 1 is 1.00 bits per heavy atom. The van der Waals surface area contributed by atoms with E-state index in [4.69, 9.17) is 23.2 Å². The molecule has 2 N–H and O–H groups in total. The number of likely N-dealkylation sites (N-methyl/N-ethyl adjacent to an activating group) is 1. The summed E-state index contributed by atoms with van der Waals surface area (Å²) in [5.74, 6) is -0.684. The van der Waals surface area contributed by atoms with E-state index in [1.54, 1.807) is 36.4 Å². The summed E-state index contributed by atoms with van der Waals surface area (Å²) in [6.07, 6.45) is 0. The van der Waals surface area contributed by atoms with Gasteiger partial charge in [-0.15, -0.1) is 0 Å². The number of rotatable bonds is 6. The van der Waals surface area contributed by atoms with Crippen LogP contribution >= 0.6 is 23.2 Å². The Kier molecular flexibility index (Phi) is 6.82. The molecule has 0 bridgehead atoms. The molecule has 0 aromatic heterocycles. The molecule has 0 fully saturated rings. The summed E-state index contributed by atoms with van der Waals surface area (Å²) in [4.78, 5) is 26.8. The van der Waals surface area contributed by atoms with Crippen molar-refractivity contribution in [1.29, 1.82) is 0 Å². The molecular formula is C18H19Cl2N3O2. The lowest BCUT2D eigenvalue weighted by Crippen LogP contribution is -2.32. The van der Waals surface area contributed by atoms with Gasteiger partial charge in [-0.25, -0.2) is 0 Å². The Morgan fingerprint density at radius 2 is 1.72 bits per heavy atom. The predicted molar refractivity (Wildman–Crippen MR) is 102 cm³/mol. The molecule has 0 radical (unpaired) electrons. The molecule has 132 valence electrons. The molecule has 7 heteroatoms. The summed E-state index contributed by atoms with van der Waals surface area (Å²) in [5.41, 5.74) is 1.04. The molecule has 0 aliphatic heterocycles. The van der Waals surface area contributed by atoms with Crippen molar-refractivity contribution in [1.82, 2.24) is 10.2 Å². The van der Waals surface area contributed by atoms with Crippen molar-refractivity contribution in [3.8, 4) is 0 Å². The van der Waals surface area contributed by atoms with Crippen LogP contribution in [-0.4, -0.2) is 43.9 Å². The average molecular weight is 380 g/mol. The number of carbonyl (C=O) groups excluding carboxylic acids is 2. The van der Waals surface area contributed by atoms with Gasteiger partial charge < -0.3 is 15.5 Å². The van der Waals surface area contributed by atoms with Crippen LogP contribution in [0.1, 0.15) is 20.7 Å². The van der Waals surface area contributed by atoms with Crippen molar-refractivity contribution >= 4 is 40.7 Å². The van der Waals surface area contributed by atoms with Gasteiger partial charge >= 0.3 is 0 Å². The number of carbonyl (C=O) groups is 2. The van der Waals surface area contributed by atoms with E-state index >= 15 is 0 Å². The van der Waals surface area contributed by atoms with Crippen molar-refractivity contribution in [3.63, 3.8) is 0 Å². The lowest BCUT2D eigenvalue weighted by atomic mass is 10.1. The molecule has 0 unspecified atom stereocenters. The molecule has 2 aromatic rings. The number of para-hydroxylation sites is 1. The third-order valence-electron chi connectivity index (χ3n) is 3.44. The van der Waals surface area contributed by atoms with Crippen molar-refractivity contribution in [2.75, 3.05) is 32.5 Å². The third kappa shape index (κ3) is 5.46. The maximum Gasteiger partial charge on any atom is 0.257 e. The van der Waals surface area contributed by atoms with Gasteiger partial charge in [-0.1, -0.05) is 35.3 Å². The Morgan fingerprint density at radius 3 is 2.44 bits per heavy atom. The van der Waals surface area contributed by atoms with E-state index in [0.717, 1.165) is 6.54 Å². The Bertz CT molecular complexity index is 779. The fourth-order valence-electron chi connectivity index (χ4n) is 2.14. The van der Waals surface area contributed by atoms with Crippen LogP contribution in [0.15, 0.2) is 42.5 Å². The molecule has 5 nitrogen and oxygen atoms in total. The number of amides is 2. The normalized spacial score (nSPS) is 10.6. The molecule has 0 aliphatic rings. The number of hydrogen-bond acceptors (Lipinski definition) is 3. The number of halogens is 2. The molecule has 2 amide bonds. The SMILES string of the molecule is CN(C)CCNC(=O)c1ccccc1NC(=O)c1cc(Cl)ccc1Cl. The lowest BCUT2D eigenvalue weighted by molar-refractivity contribution is 0.0952. The van der Waals surface area contributed by atoms with Gasteiger partial charge in [0.15, 0.2) is 0 Å². The highest BCUT2D eigenvalue weighted by Crippen LogP contribution is 2.23.